The van der Waals surface area contributed by atoms with E-state index in [4.69, 9.17) is 9.84 Å². The molecule has 0 fully saturated rings. The minimum absolute atomic E-state index is 0.107. The number of nitrogens with one attached hydrogen (secondary N) is 1. The van der Waals surface area contributed by atoms with Crippen LogP contribution in [0.15, 0.2) is 18.2 Å². The van der Waals surface area contributed by atoms with Gasteiger partial charge in [0.25, 0.3) is 0 Å². The van der Waals surface area contributed by atoms with Crippen LogP contribution in [-0.2, 0) is 0 Å². The molecule has 1 aromatic rings. The Morgan fingerprint density at radius 3 is 2.85 bits per heavy atom. The van der Waals surface area contributed by atoms with Crippen LogP contribution in [0.25, 0.3) is 0 Å². The number of anilines is 1. The first kappa shape index (κ1) is 9.80. The Morgan fingerprint density at radius 2 is 2.31 bits per heavy atom. The molecule has 0 aliphatic rings. The van der Waals surface area contributed by atoms with Gasteiger partial charge in [0, 0.05) is 18.8 Å². The Morgan fingerprint density at radius 1 is 1.54 bits per heavy atom. The molecule has 0 bridgehead atoms. The van der Waals surface area contributed by atoms with Crippen molar-refractivity contribution < 1.29 is 14.2 Å². The Bertz CT molecular complexity index is 278. The number of ether oxygens (including phenoxy) is 1. The number of rotatable bonds is 4. The van der Waals surface area contributed by atoms with E-state index in [1.54, 1.807) is 13.1 Å². The topological polar surface area (TPSA) is 41.5 Å². The lowest BCUT2D eigenvalue weighted by atomic mass is 10.3. The molecule has 1 rings (SSSR count). The van der Waals surface area contributed by atoms with E-state index < -0.39 is 5.82 Å². The average molecular weight is 185 g/mol. The maximum absolute atomic E-state index is 13.1. The van der Waals surface area contributed by atoms with Gasteiger partial charge in [-0.2, -0.15) is 0 Å². The van der Waals surface area contributed by atoms with E-state index in [1.165, 1.54) is 12.1 Å². The first-order valence-electron chi connectivity index (χ1n) is 3.99. The molecule has 0 unspecified atom stereocenters. The third-order valence-corrected chi connectivity index (χ3v) is 1.57. The van der Waals surface area contributed by atoms with Crippen LogP contribution in [0.2, 0.25) is 0 Å². The number of hydrogen-bond acceptors (Lipinski definition) is 3. The summed E-state index contributed by atoms with van der Waals surface area (Å²) in [6.07, 6.45) is 0. The summed E-state index contributed by atoms with van der Waals surface area (Å²) >= 11 is 0. The number of benzene rings is 1. The summed E-state index contributed by atoms with van der Waals surface area (Å²) in [5, 5.41) is 11.3. The smallest absolute Gasteiger partial charge is 0.167 e. The number of aliphatic hydroxyl groups excluding tert-OH is 1. The summed E-state index contributed by atoms with van der Waals surface area (Å²) in [6.45, 7) is -0.0109. The van der Waals surface area contributed by atoms with Gasteiger partial charge in [-0.1, -0.05) is 0 Å². The lowest BCUT2D eigenvalue weighted by Crippen LogP contribution is -2.03. The number of halogens is 1. The lowest BCUT2D eigenvalue weighted by molar-refractivity contribution is 0.196. The zero-order valence-electron chi connectivity index (χ0n) is 7.38. The zero-order chi connectivity index (χ0) is 9.68. The van der Waals surface area contributed by atoms with Gasteiger partial charge < -0.3 is 15.2 Å². The SMILES string of the molecule is CNc1ccc(OCCO)c(F)c1. The van der Waals surface area contributed by atoms with Crippen molar-refractivity contribution in [2.45, 2.75) is 0 Å². The van der Waals surface area contributed by atoms with Crippen LogP contribution in [0.4, 0.5) is 10.1 Å². The Kier molecular flexibility index (Phi) is 3.52. The van der Waals surface area contributed by atoms with E-state index in [1.807, 2.05) is 0 Å². The molecule has 0 saturated carbocycles. The van der Waals surface area contributed by atoms with Crippen molar-refractivity contribution in [1.82, 2.24) is 0 Å². The minimum atomic E-state index is -0.430. The molecular weight excluding hydrogens is 173 g/mol. The molecule has 0 heterocycles. The molecule has 2 N–H and O–H groups in total. The third kappa shape index (κ3) is 2.59. The molecule has 13 heavy (non-hydrogen) atoms. The van der Waals surface area contributed by atoms with E-state index in [-0.39, 0.29) is 19.0 Å². The molecule has 0 radical (unpaired) electrons. The predicted octanol–water partition coefficient (Wildman–Crippen LogP) is 1.24. The highest BCUT2D eigenvalue weighted by atomic mass is 19.1. The van der Waals surface area contributed by atoms with Gasteiger partial charge in [0.1, 0.15) is 6.61 Å². The number of hydrogen-bond donors (Lipinski definition) is 2. The van der Waals surface area contributed by atoms with E-state index >= 15 is 0 Å². The van der Waals surface area contributed by atoms with E-state index in [9.17, 15) is 4.39 Å². The lowest BCUT2D eigenvalue weighted by Gasteiger charge is -2.06. The third-order valence-electron chi connectivity index (χ3n) is 1.57. The van der Waals surface area contributed by atoms with Crippen LogP contribution in [0.1, 0.15) is 0 Å². The highest BCUT2D eigenvalue weighted by Crippen LogP contribution is 2.20. The molecule has 4 heteroatoms. The van der Waals surface area contributed by atoms with Gasteiger partial charge in [-0.25, -0.2) is 4.39 Å². The molecule has 0 atom stereocenters. The molecule has 0 aromatic heterocycles. The van der Waals surface area contributed by atoms with Crippen molar-refractivity contribution in [2.24, 2.45) is 0 Å². The van der Waals surface area contributed by atoms with Crippen molar-refractivity contribution in [2.75, 3.05) is 25.6 Å². The van der Waals surface area contributed by atoms with Crippen LogP contribution in [0.3, 0.4) is 0 Å². The standard InChI is InChI=1S/C9H12FNO2/c1-11-7-2-3-9(8(10)6-7)13-5-4-12/h2-3,6,11-12H,4-5H2,1H3. The molecule has 3 nitrogen and oxygen atoms in total. The summed E-state index contributed by atoms with van der Waals surface area (Å²) in [7, 11) is 1.71. The highest BCUT2D eigenvalue weighted by Gasteiger charge is 2.02. The first-order valence-corrected chi connectivity index (χ1v) is 3.99. The van der Waals surface area contributed by atoms with Gasteiger partial charge in [-0.15, -0.1) is 0 Å². The van der Waals surface area contributed by atoms with E-state index in [0.29, 0.717) is 5.69 Å². The second-order valence-electron chi connectivity index (χ2n) is 2.47. The van der Waals surface area contributed by atoms with E-state index in [2.05, 4.69) is 5.32 Å². The molecule has 72 valence electrons. The van der Waals surface area contributed by atoms with Crippen LogP contribution in [0.5, 0.6) is 5.75 Å². The Labute approximate surface area is 76.1 Å². The van der Waals surface area contributed by atoms with Crippen LogP contribution in [0, 0.1) is 5.82 Å². The van der Waals surface area contributed by atoms with Gasteiger partial charge in [-0.05, 0) is 12.1 Å². The maximum Gasteiger partial charge on any atom is 0.167 e. The second-order valence-corrected chi connectivity index (χ2v) is 2.47. The molecule has 0 aliphatic heterocycles. The Hall–Kier alpha value is -1.29. The second kappa shape index (κ2) is 4.67. The molecule has 0 amide bonds. The highest BCUT2D eigenvalue weighted by molar-refractivity contribution is 5.46. The van der Waals surface area contributed by atoms with Crippen molar-refractivity contribution in [1.29, 1.82) is 0 Å². The fourth-order valence-corrected chi connectivity index (χ4v) is 0.929. The number of aliphatic hydroxyl groups is 1. The summed E-state index contributed by atoms with van der Waals surface area (Å²) in [6, 6.07) is 4.57. The largest absolute Gasteiger partial charge is 0.488 e. The molecular formula is C9H12FNO2. The summed E-state index contributed by atoms with van der Waals surface area (Å²) < 4.78 is 18.0. The molecule has 0 spiro atoms. The normalized spacial score (nSPS) is 9.77. The predicted molar refractivity (Wildman–Crippen MR) is 48.5 cm³/mol. The van der Waals surface area contributed by atoms with Gasteiger partial charge >= 0.3 is 0 Å². The molecule has 1 aromatic carbocycles. The first-order chi connectivity index (χ1) is 6.27. The molecule has 0 saturated heterocycles. The van der Waals surface area contributed by atoms with Crippen molar-refractivity contribution in [3.8, 4) is 5.75 Å². The molecule has 0 aliphatic carbocycles. The van der Waals surface area contributed by atoms with Crippen molar-refractivity contribution >= 4 is 5.69 Å². The maximum atomic E-state index is 13.1. The fraction of sp³-hybridized carbons (Fsp3) is 0.333. The minimum Gasteiger partial charge on any atom is -0.488 e. The average Bonchev–Trinajstić information content (AvgIpc) is 2.16. The van der Waals surface area contributed by atoms with E-state index in [0.717, 1.165) is 0 Å². The Balaban J connectivity index is 2.73. The zero-order valence-corrected chi connectivity index (χ0v) is 7.38. The summed E-state index contributed by atoms with van der Waals surface area (Å²) in [4.78, 5) is 0. The van der Waals surface area contributed by atoms with Crippen molar-refractivity contribution in [3.05, 3.63) is 24.0 Å². The van der Waals surface area contributed by atoms with Crippen LogP contribution < -0.4 is 10.1 Å². The van der Waals surface area contributed by atoms with Crippen LogP contribution >= 0.6 is 0 Å². The van der Waals surface area contributed by atoms with Gasteiger partial charge in [0.05, 0.1) is 6.61 Å². The fourth-order valence-electron chi connectivity index (χ4n) is 0.929. The summed E-state index contributed by atoms with van der Waals surface area (Å²) in [5.41, 5.74) is 0.689. The quantitative estimate of drug-likeness (QED) is 0.741. The van der Waals surface area contributed by atoms with Gasteiger partial charge in [-0.3, -0.25) is 0 Å². The monoisotopic (exact) mass is 185 g/mol. The van der Waals surface area contributed by atoms with Gasteiger partial charge in [0.15, 0.2) is 11.6 Å². The summed E-state index contributed by atoms with van der Waals surface area (Å²) in [5.74, 6) is -0.270. The van der Waals surface area contributed by atoms with Gasteiger partial charge in [0.2, 0.25) is 0 Å². The van der Waals surface area contributed by atoms with Crippen molar-refractivity contribution in [3.63, 3.8) is 0 Å². The van der Waals surface area contributed by atoms with Crippen LogP contribution in [-0.4, -0.2) is 25.4 Å².